The predicted octanol–water partition coefficient (Wildman–Crippen LogP) is 5.24. The molecular weight excluding hydrogens is 400 g/mol. The third-order valence-electron chi connectivity index (χ3n) is 7.24. The van der Waals surface area contributed by atoms with Crippen LogP contribution >= 0.6 is 0 Å². The molecule has 1 aliphatic heterocycles. The molecule has 1 heterocycles. The molecule has 5 heteroatoms. The van der Waals surface area contributed by atoms with Crippen LogP contribution in [0.4, 0.5) is 0 Å². The molecule has 176 valence electrons. The van der Waals surface area contributed by atoms with E-state index in [0.717, 1.165) is 70.0 Å². The molecule has 3 rings (SSSR count). The number of benzene rings is 1. The van der Waals surface area contributed by atoms with Crippen LogP contribution in [0.25, 0.3) is 0 Å². The molecule has 32 heavy (non-hydrogen) atoms. The minimum atomic E-state index is -0.377. The third kappa shape index (κ3) is 6.43. The van der Waals surface area contributed by atoms with Crippen LogP contribution in [0.5, 0.6) is 0 Å². The number of unbranched alkanes of at least 4 members (excludes halogenated alkanes) is 1. The van der Waals surface area contributed by atoms with E-state index in [-0.39, 0.29) is 35.5 Å². The van der Waals surface area contributed by atoms with Gasteiger partial charge < -0.3 is 10.2 Å². The second kappa shape index (κ2) is 12.2. The summed E-state index contributed by atoms with van der Waals surface area (Å²) >= 11 is 0. The smallest absolute Gasteiger partial charge is 0.251 e. The molecule has 0 bridgehead atoms. The van der Waals surface area contributed by atoms with Crippen LogP contribution in [0.3, 0.4) is 0 Å². The van der Waals surface area contributed by atoms with Crippen molar-refractivity contribution in [1.29, 1.82) is 0 Å². The van der Waals surface area contributed by atoms with Gasteiger partial charge in [-0.1, -0.05) is 51.7 Å². The molecule has 2 amide bonds. The van der Waals surface area contributed by atoms with Crippen LogP contribution < -0.4 is 5.32 Å². The number of hydrogen-bond acceptors (Lipinski definition) is 3. The van der Waals surface area contributed by atoms with Crippen LogP contribution in [0.1, 0.15) is 106 Å². The van der Waals surface area contributed by atoms with Crippen LogP contribution in [0, 0.1) is 5.92 Å². The summed E-state index contributed by atoms with van der Waals surface area (Å²) in [5.74, 6) is 0.738. The number of carbonyl (C=O) groups is 3. The topological polar surface area (TPSA) is 66.5 Å². The number of carbonyl (C=O) groups excluding carboxylic acids is 3. The maximum atomic E-state index is 13.1. The molecule has 2 fully saturated rings. The molecule has 0 unspecified atom stereocenters. The number of nitrogens with one attached hydrogen (secondary N) is 1. The van der Waals surface area contributed by atoms with Crippen LogP contribution in [0.15, 0.2) is 24.3 Å². The highest BCUT2D eigenvalue weighted by Crippen LogP contribution is 2.29. The largest absolute Gasteiger partial charge is 0.342 e. The number of rotatable bonds is 9. The SMILES string of the molecule is CCCCC(=O)N1CCC[C@@H](c2cccc(C(=O)N[C@@H](C(=O)CC)C3CCCCC3)c2)C1. The fourth-order valence-corrected chi connectivity index (χ4v) is 5.27. The van der Waals surface area contributed by atoms with Crippen LogP contribution in [0.2, 0.25) is 0 Å². The Balaban J connectivity index is 1.68. The summed E-state index contributed by atoms with van der Waals surface area (Å²) < 4.78 is 0. The molecule has 0 aromatic heterocycles. The Morgan fingerprint density at radius 3 is 2.56 bits per heavy atom. The van der Waals surface area contributed by atoms with E-state index >= 15 is 0 Å². The van der Waals surface area contributed by atoms with E-state index in [9.17, 15) is 14.4 Å². The molecule has 0 radical (unpaired) electrons. The minimum absolute atomic E-state index is 0.134. The zero-order valence-corrected chi connectivity index (χ0v) is 19.9. The molecule has 1 saturated carbocycles. The van der Waals surface area contributed by atoms with Gasteiger partial charge in [-0.05, 0) is 55.7 Å². The lowest BCUT2D eigenvalue weighted by atomic mass is 9.81. The van der Waals surface area contributed by atoms with Gasteiger partial charge in [0.15, 0.2) is 5.78 Å². The standard InChI is InChI=1S/C27H40N2O3/c1-3-5-16-25(31)29-17-10-15-23(19-29)21-13-9-14-22(18-21)27(32)28-26(24(30)4-2)20-11-7-6-8-12-20/h9,13-14,18,20,23,26H,3-8,10-12,15-17,19H2,1-2H3,(H,28,32)/t23-,26-/m1/s1. The first-order chi connectivity index (χ1) is 15.5. The van der Waals surface area contributed by atoms with Gasteiger partial charge in [0.25, 0.3) is 5.91 Å². The monoisotopic (exact) mass is 440 g/mol. The Morgan fingerprint density at radius 2 is 1.84 bits per heavy atom. The number of ketones is 1. The lowest BCUT2D eigenvalue weighted by Crippen LogP contribution is -2.46. The van der Waals surface area contributed by atoms with Gasteiger partial charge >= 0.3 is 0 Å². The Bertz CT molecular complexity index is 785. The average Bonchev–Trinajstić information content (AvgIpc) is 2.85. The maximum absolute atomic E-state index is 13.1. The first-order valence-electron chi connectivity index (χ1n) is 12.7. The molecular formula is C27H40N2O3. The molecule has 1 aromatic rings. The van der Waals surface area contributed by atoms with Crippen molar-refractivity contribution in [2.75, 3.05) is 13.1 Å². The fourth-order valence-electron chi connectivity index (χ4n) is 5.27. The second-order valence-electron chi connectivity index (χ2n) is 9.58. The van der Waals surface area contributed by atoms with E-state index < -0.39 is 0 Å². The lowest BCUT2D eigenvalue weighted by molar-refractivity contribution is -0.132. The molecule has 1 aliphatic carbocycles. The Labute approximate surface area is 193 Å². The number of likely N-dealkylation sites (tertiary alicyclic amines) is 1. The first-order valence-corrected chi connectivity index (χ1v) is 12.7. The van der Waals surface area contributed by atoms with Crippen molar-refractivity contribution in [3.8, 4) is 0 Å². The van der Waals surface area contributed by atoms with Crippen LogP contribution in [-0.4, -0.2) is 41.6 Å². The van der Waals surface area contributed by atoms with Gasteiger partial charge in [0.05, 0.1) is 6.04 Å². The van der Waals surface area contributed by atoms with E-state index in [4.69, 9.17) is 0 Å². The van der Waals surface area contributed by atoms with Gasteiger partial charge in [0, 0.05) is 37.4 Å². The second-order valence-corrected chi connectivity index (χ2v) is 9.58. The van der Waals surface area contributed by atoms with Crippen molar-refractivity contribution in [1.82, 2.24) is 10.2 Å². The Kier molecular flexibility index (Phi) is 9.31. The van der Waals surface area contributed by atoms with Crippen molar-refractivity contribution in [2.24, 2.45) is 5.92 Å². The number of Topliss-reactive ketones (excluding diaryl/α,β-unsaturated/α-hetero) is 1. The van der Waals surface area contributed by atoms with Gasteiger partial charge in [-0.15, -0.1) is 0 Å². The molecule has 1 aromatic carbocycles. The van der Waals surface area contributed by atoms with E-state index in [1.807, 2.05) is 30.0 Å². The quantitative estimate of drug-likeness (QED) is 0.571. The van der Waals surface area contributed by atoms with Gasteiger partial charge in [-0.3, -0.25) is 14.4 Å². The zero-order valence-electron chi connectivity index (χ0n) is 19.9. The summed E-state index contributed by atoms with van der Waals surface area (Å²) in [6.45, 7) is 5.55. The van der Waals surface area contributed by atoms with Gasteiger partial charge in [-0.25, -0.2) is 0 Å². The zero-order chi connectivity index (χ0) is 22.9. The summed E-state index contributed by atoms with van der Waals surface area (Å²) in [7, 11) is 0. The normalized spacial score (nSPS) is 20.6. The summed E-state index contributed by atoms with van der Waals surface area (Å²) in [6.07, 6.45) is 10.6. The average molecular weight is 441 g/mol. The summed E-state index contributed by atoms with van der Waals surface area (Å²) in [5, 5.41) is 3.08. The van der Waals surface area contributed by atoms with E-state index in [2.05, 4.69) is 18.3 Å². The number of piperidine rings is 1. The molecule has 2 aliphatic rings. The number of amides is 2. The highest BCUT2D eigenvalue weighted by Gasteiger charge is 2.30. The van der Waals surface area contributed by atoms with Crippen LogP contribution in [-0.2, 0) is 9.59 Å². The van der Waals surface area contributed by atoms with Crippen molar-refractivity contribution in [2.45, 2.75) is 96.4 Å². The van der Waals surface area contributed by atoms with Gasteiger partial charge in [-0.2, -0.15) is 0 Å². The van der Waals surface area contributed by atoms with Crippen molar-refractivity contribution in [3.63, 3.8) is 0 Å². The summed E-state index contributed by atoms with van der Waals surface area (Å²) in [6, 6.07) is 7.42. The Morgan fingerprint density at radius 1 is 1.06 bits per heavy atom. The maximum Gasteiger partial charge on any atom is 0.251 e. The van der Waals surface area contributed by atoms with Gasteiger partial charge in [0.2, 0.25) is 5.91 Å². The lowest BCUT2D eigenvalue weighted by Gasteiger charge is -2.33. The third-order valence-corrected chi connectivity index (χ3v) is 7.24. The Hall–Kier alpha value is -2.17. The van der Waals surface area contributed by atoms with Gasteiger partial charge in [0.1, 0.15) is 0 Å². The summed E-state index contributed by atoms with van der Waals surface area (Å²) in [5.41, 5.74) is 1.73. The van der Waals surface area contributed by atoms with Crippen molar-refractivity contribution >= 4 is 17.6 Å². The highest BCUT2D eigenvalue weighted by molar-refractivity contribution is 5.98. The first kappa shape index (κ1) is 24.5. The van der Waals surface area contributed by atoms with E-state index in [1.165, 1.54) is 6.42 Å². The fraction of sp³-hybridized carbons (Fsp3) is 0.667. The molecule has 1 saturated heterocycles. The van der Waals surface area contributed by atoms with E-state index in [1.54, 1.807) is 0 Å². The highest BCUT2D eigenvalue weighted by atomic mass is 16.2. The minimum Gasteiger partial charge on any atom is -0.342 e. The number of nitrogens with zero attached hydrogens (tertiary/aromatic N) is 1. The molecule has 5 nitrogen and oxygen atoms in total. The predicted molar refractivity (Wildman–Crippen MR) is 128 cm³/mol. The number of hydrogen-bond donors (Lipinski definition) is 1. The van der Waals surface area contributed by atoms with Crippen molar-refractivity contribution < 1.29 is 14.4 Å². The van der Waals surface area contributed by atoms with Crippen molar-refractivity contribution in [3.05, 3.63) is 35.4 Å². The molecule has 0 spiro atoms. The van der Waals surface area contributed by atoms with E-state index in [0.29, 0.717) is 18.4 Å². The molecule has 1 N–H and O–H groups in total. The molecule has 2 atom stereocenters. The summed E-state index contributed by atoms with van der Waals surface area (Å²) in [4.78, 5) is 40.2.